The molecule has 0 saturated carbocycles. The van der Waals surface area contributed by atoms with Crippen LogP contribution in [0.15, 0.2) is 12.5 Å². The number of carbonyl (C=O) groups is 6. The molecule has 4 unspecified atom stereocenters. The van der Waals surface area contributed by atoms with Crippen molar-refractivity contribution >= 4 is 35.6 Å². The van der Waals surface area contributed by atoms with Gasteiger partial charge in [0.1, 0.15) is 18.1 Å². The summed E-state index contributed by atoms with van der Waals surface area (Å²) in [4.78, 5) is 78.2. The number of aromatic amines is 1. The van der Waals surface area contributed by atoms with Gasteiger partial charge >= 0.3 is 11.9 Å². The summed E-state index contributed by atoms with van der Waals surface area (Å²) >= 11 is 0. The minimum absolute atomic E-state index is 0.0785. The van der Waals surface area contributed by atoms with Gasteiger partial charge in [0.25, 0.3) is 0 Å². The Morgan fingerprint density at radius 1 is 0.943 bits per heavy atom. The van der Waals surface area contributed by atoms with Crippen LogP contribution in [0.25, 0.3) is 0 Å². The van der Waals surface area contributed by atoms with Crippen molar-refractivity contribution in [1.82, 2.24) is 25.9 Å². The molecule has 1 aromatic heterocycles. The minimum atomic E-state index is -1.81. The van der Waals surface area contributed by atoms with Crippen molar-refractivity contribution in [2.24, 2.45) is 17.4 Å². The second kappa shape index (κ2) is 13.6. The van der Waals surface area contributed by atoms with Gasteiger partial charge in [0.15, 0.2) is 0 Å². The van der Waals surface area contributed by atoms with Gasteiger partial charge < -0.3 is 42.6 Å². The number of imidazole rings is 1. The molecule has 194 valence electrons. The molecule has 1 aromatic rings. The molecule has 35 heavy (non-hydrogen) atoms. The summed E-state index contributed by atoms with van der Waals surface area (Å²) in [5.41, 5.74) is 11.7. The van der Waals surface area contributed by atoms with Crippen LogP contribution in [0.2, 0.25) is 0 Å². The number of carboxylic acid groups (broad SMARTS) is 2. The molecule has 1 heterocycles. The Labute approximate surface area is 200 Å². The SMILES string of the molecule is CC(C)CC(NC(=O)C(N)Cc1cnc[nH]1)C(=O)NC(CC(N)=O)C(=O)NC(CC(=O)O)C(=O)O. The standard InChI is InChI=1S/C20H31N7O8/c1-9(2)3-12(25-17(31)11(21)4-10-7-23-8-24-10)18(32)26-13(5-15(22)28)19(33)27-14(20(34)35)6-16(29)30/h7-9,11-14H,3-6,21H2,1-2H3,(H2,22,28)(H,23,24)(H,25,31)(H,26,32)(H,27,33)(H,29,30)(H,34,35). The van der Waals surface area contributed by atoms with Crippen molar-refractivity contribution in [2.75, 3.05) is 0 Å². The summed E-state index contributed by atoms with van der Waals surface area (Å²) in [6, 6.07) is -5.58. The average Bonchev–Trinajstić information content (AvgIpc) is 3.23. The van der Waals surface area contributed by atoms with Gasteiger partial charge in [-0.2, -0.15) is 0 Å². The highest BCUT2D eigenvalue weighted by molar-refractivity contribution is 5.96. The highest BCUT2D eigenvalue weighted by Gasteiger charge is 2.32. The van der Waals surface area contributed by atoms with Gasteiger partial charge in [0.05, 0.1) is 25.2 Å². The number of hydrogen-bond donors (Lipinski definition) is 8. The Balaban J connectivity index is 2.96. The second-order valence-corrected chi connectivity index (χ2v) is 8.31. The highest BCUT2D eigenvalue weighted by atomic mass is 16.4. The van der Waals surface area contributed by atoms with Crippen molar-refractivity contribution in [2.45, 2.75) is 63.7 Å². The Morgan fingerprint density at radius 2 is 1.51 bits per heavy atom. The average molecular weight is 498 g/mol. The molecule has 15 nitrogen and oxygen atoms in total. The maximum absolute atomic E-state index is 12.9. The third-order valence-electron chi connectivity index (χ3n) is 4.70. The number of aromatic nitrogens is 2. The number of H-pyrrole nitrogens is 1. The van der Waals surface area contributed by atoms with E-state index in [9.17, 15) is 28.8 Å². The van der Waals surface area contributed by atoms with Gasteiger partial charge in [-0.3, -0.25) is 24.0 Å². The first kappa shape index (κ1) is 29.0. The van der Waals surface area contributed by atoms with E-state index in [1.807, 2.05) is 5.32 Å². The summed E-state index contributed by atoms with van der Waals surface area (Å²) < 4.78 is 0. The van der Waals surface area contributed by atoms with Crippen LogP contribution in [-0.2, 0) is 35.2 Å². The molecule has 4 atom stereocenters. The fourth-order valence-electron chi connectivity index (χ4n) is 3.04. The van der Waals surface area contributed by atoms with Crippen LogP contribution in [0.5, 0.6) is 0 Å². The van der Waals surface area contributed by atoms with Crippen LogP contribution >= 0.6 is 0 Å². The van der Waals surface area contributed by atoms with Gasteiger partial charge in [-0.05, 0) is 12.3 Å². The zero-order chi connectivity index (χ0) is 26.7. The first-order valence-corrected chi connectivity index (χ1v) is 10.7. The smallest absolute Gasteiger partial charge is 0.326 e. The summed E-state index contributed by atoms with van der Waals surface area (Å²) in [6.45, 7) is 3.57. The minimum Gasteiger partial charge on any atom is -0.481 e. The molecule has 0 fully saturated rings. The third-order valence-corrected chi connectivity index (χ3v) is 4.70. The van der Waals surface area contributed by atoms with E-state index in [-0.39, 0.29) is 18.8 Å². The lowest BCUT2D eigenvalue weighted by atomic mass is 10.0. The topological polar surface area (TPSA) is 260 Å². The summed E-state index contributed by atoms with van der Waals surface area (Å²) in [5.74, 6) is -6.79. The second-order valence-electron chi connectivity index (χ2n) is 8.31. The lowest BCUT2D eigenvalue weighted by Gasteiger charge is -2.25. The number of aliphatic carboxylic acids is 2. The van der Waals surface area contributed by atoms with Crippen molar-refractivity contribution in [1.29, 1.82) is 0 Å². The van der Waals surface area contributed by atoms with Gasteiger partial charge in [-0.15, -0.1) is 0 Å². The van der Waals surface area contributed by atoms with Crippen LogP contribution in [0.3, 0.4) is 0 Å². The van der Waals surface area contributed by atoms with E-state index >= 15 is 0 Å². The number of nitrogens with two attached hydrogens (primary N) is 2. The molecule has 0 saturated heterocycles. The molecule has 0 aliphatic heterocycles. The molecule has 10 N–H and O–H groups in total. The number of carboxylic acids is 2. The molecule has 4 amide bonds. The van der Waals surface area contributed by atoms with Crippen molar-refractivity contribution in [3.8, 4) is 0 Å². The molecule has 0 bridgehead atoms. The van der Waals surface area contributed by atoms with E-state index in [4.69, 9.17) is 21.7 Å². The van der Waals surface area contributed by atoms with Gasteiger partial charge in [-0.1, -0.05) is 13.8 Å². The first-order valence-electron chi connectivity index (χ1n) is 10.7. The Morgan fingerprint density at radius 3 is 2.00 bits per heavy atom. The van der Waals surface area contributed by atoms with E-state index in [1.54, 1.807) is 13.8 Å². The maximum Gasteiger partial charge on any atom is 0.326 e. The number of nitrogens with one attached hydrogen (secondary N) is 4. The number of primary amides is 1. The highest BCUT2D eigenvalue weighted by Crippen LogP contribution is 2.08. The zero-order valence-electron chi connectivity index (χ0n) is 19.3. The fourth-order valence-corrected chi connectivity index (χ4v) is 3.04. The van der Waals surface area contributed by atoms with E-state index in [2.05, 4.69) is 20.6 Å². The largest absolute Gasteiger partial charge is 0.481 e. The van der Waals surface area contributed by atoms with E-state index in [0.717, 1.165) is 0 Å². The molecule has 0 aliphatic carbocycles. The molecule has 0 aliphatic rings. The lowest BCUT2D eigenvalue weighted by Crippen LogP contribution is -2.58. The number of nitrogens with zero attached hydrogens (tertiary/aromatic N) is 1. The normalized spacial score (nSPS) is 14.3. The van der Waals surface area contributed by atoms with Crippen molar-refractivity contribution in [3.05, 3.63) is 18.2 Å². The Hall–Kier alpha value is -4.01. The van der Waals surface area contributed by atoms with Crippen LogP contribution in [0.4, 0.5) is 0 Å². The van der Waals surface area contributed by atoms with Gasteiger partial charge in [0, 0.05) is 18.3 Å². The van der Waals surface area contributed by atoms with Gasteiger partial charge in [-0.25, -0.2) is 9.78 Å². The number of rotatable bonds is 15. The predicted octanol–water partition coefficient (Wildman–Crippen LogP) is -2.79. The lowest BCUT2D eigenvalue weighted by molar-refractivity contribution is -0.147. The Bertz CT molecular complexity index is 919. The van der Waals surface area contributed by atoms with E-state index in [1.165, 1.54) is 12.5 Å². The summed E-state index contributed by atoms with van der Waals surface area (Å²) in [6.07, 6.45) is 1.56. The molecule has 0 radical (unpaired) electrons. The molecular formula is C20H31N7O8. The quantitative estimate of drug-likeness (QED) is 0.123. The van der Waals surface area contributed by atoms with Crippen molar-refractivity contribution in [3.63, 3.8) is 0 Å². The monoisotopic (exact) mass is 497 g/mol. The van der Waals surface area contributed by atoms with Crippen LogP contribution in [0.1, 0.15) is 38.8 Å². The van der Waals surface area contributed by atoms with E-state index in [0.29, 0.717) is 5.69 Å². The third kappa shape index (κ3) is 10.6. The molecule has 15 heteroatoms. The van der Waals surface area contributed by atoms with Crippen molar-refractivity contribution < 1.29 is 39.0 Å². The molecule has 0 spiro atoms. The Kier molecular flexibility index (Phi) is 11.3. The van der Waals surface area contributed by atoms with Crippen LogP contribution in [-0.4, -0.2) is 79.9 Å². The maximum atomic E-state index is 12.9. The number of hydrogen-bond acceptors (Lipinski definition) is 8. The van der Waals surface area contributed by atoms with Crippen LogP contribution in [0, 0.1) is 5.92 Å². The van der Waals surface area contributed by atoms with E-state index < -0.39 is 72.6 Å². The predicted molar refractivity (Wildman–Crippen MR) is 119 cm³/mol. The number of amides is 4. The van der Waals surface area contributed by atoms with Crippen LogP contribution < -0.4 is 27.4 Å². The zero-order valence-corrected chi connectivity index (χ0v) is 19.3. The van der Waals surface area contributed by atoms with Gasteiger partial charge in [0.2, 0.25) is 23.6 Å². The fraction of sp³-hybridized carbons (Fsp3) is 0.550. The first-order chi connectivity index (χ1) is 16.3. The molecule has 0 aromatic carbocycles. The summed E-state index contributed by atoms with van der Waals surface area (Å²) in [5, 5.41) is 24.7. The number of carbonyl (C=O) groups excluding carboxylic acids is 4. The molecule has 1 rings (SSSR count). The summed E-state index contributed by atoms with van der Waals surface area (Å²) in [7, 11) is 0. The molecular weight excluding hydrogens is 466 g/mol.